The lowest BCUT2D eigenvalue weighted by Gasteiger charge is -2.09. The summed E-state index contributed by atoms with van der Waals surface area (Å²) in [5.74, 6) is 0.186. The molecule has 3 heterocycles. The zero-order valence-corrected chi connectivity index (χ0v) is 12.3. The highest BCUT2D eigenvalue weighted by Crippen LogP contribution is 2.46. The van der Waals surface area contributed by atoms with E-state index in [4.69, 9.17) is 5.73 Å². The number of amides is 1. The van der Waals surface area contributed by atoms with E-state index in [-0.39, 0.29) is 11.8 Å². The summed E-state index contributed by atoms with van der Waals surface area (Å²) in [6.07, 6.45) is 0.938. The van der Waals surface area contributed by atoms with Gasteiger partial charge in [0.05, 0.1) is 17.3 Å². The van der Waals surface area contributed by atoms with Gasteiger partial charge >= 0.3 is 0 Å². The molecule has 0 saturated carbocycles. The molecule has 2 aliphatic heterocycles. The van der Waals surface area contributed by atoms with Gasteiger partial charge in [0.1, 0.15) is 0 Å². The Morgan fingerprint density at radius 3 is 2.95 bits per heavy atom. The quantitative estimate of drug-likeness (QED) is 0.876. The lowest BCUT2D eigenvalue weighted by atomic mass is 9.95. The van der Waals surface area contributed by atoms with Gasteiger partial charge in [-0.1, -0.05) is 0 Å². The lowest BCUT2D eigenvalue weighted by Crippen LogP contribution is -2.26. The maximum absolute atomic E-state index is 12.2. The van der Waals surface area contributed by atoms with Gasteiger partial charge in [0.15, 0.2) is 5.13 Å². The van der Waals surface area contributed by atoms with Crippen molar-refractivity contribution < 1.29 is 4.79 Å². The molecule has 1 amide bonds. The fourth-order valence-electron chi connectivity index (χ4n) is 3.32. The Hall–Kier alpha value is -1.88. The molecule has 0 radical (unpaired) electrons. The zero-order valence-electron chi connectivity index (χ0n) is 11.4. The largest absolute Gasteiger partial charge is 0.375 e. The van der Waals surface area contributed by atoms with Crippen LogP contribution in [0.1, 0.15) is 28.8 Å². The number of nitrogens with zero attached hydrogens (tertiary/aromatic N) is 2. The molecule has 0 spiro atoms. The van der Waals surface area contributed by atoms with E-state index in [9.17, 15) is 4.79 Å². The first kappa shape index (κ1) is 11.9. The number of benzene rings is 1. The van der Waals surface area contributed by atoms with Gasteiger partial charge < -0.3 is 10.6 Å². The summed E-state index contributed by atoms with van der Waals surface area (Å²) >= 11 is 1.51. The molecule has 0 fully saturated rings. The minimum atomic E-state index is -0.0414. The molecule has 1 atom stereocenters. The minimum absolute atomic E-state index is 0.0414. The standard InChI is InChI=1S/C15H15N3OS/c1-7-11-6-10(12-8(2)20-15(16)17-12)5-9-3-4-18(13(9)11)14(7)19/h5-7H,3-4H2,1-2H3,(H2,16,17). The monoisotopic (exact) mass is 285 g/mol. The van der Waals surface area contributed by atoms with E-state index in [0.29, 0.717) is 5.13 Å². The van der Waals surface area contributed by atoms with Crippen molar-refractivity contribution in [3.63, 3.8) is 0 Å². The van der Waals surface area contributed by atoms with Crippen LogP contribution >= 0.6 is 11.3 Å². The van der Waals surface area contributed by atoms with Crippen LogP contribution in [0.5, 0.6) is 0 Å². The predicted molar refractivity (Wildman–Crippen MR) is 81.2 cm³/mol. The van der Waals surface area contributed by atoms with Crippen molar-refractivity contribution in [2.75, 3.05) is 17.2 Å². The van der Waals surface area contributed by atoms with Crippen molar-refractivity contribution in [2.45, 2.75) is 26.2 Å². The second-order valence-electron chi connectivity index (χ2n) is 5.49. The van der Waals surface area contributed by atoms with Gasteiger partial charge in [-0.25, -0.2) is 4.98 Å². The number of aryl methyl sites for hydroxylation is 1. The number of carbonyl (C=O) groups excluding carboxylic acids is 1. The Bertz CT molecular complexity index is 750. The predicted octanol–water partition coefficient (Wildman–Crippen LogP) is 2.71. The third-order valence-electron chi connectivity index (χ3n) is 4.28. The number of rotatable bonds is 1. The molecule has 4 rings (SSSR count). The van der Waals surface area contributed by atoms with Gasteiger partial charge in [0, 0.05) is 17.0 Å². The Morgan fingerprint density at radius 2 is 2.25 bits per heavy atom. The van der Waals surface area contributed by atoms with E-state index in [0.717, 1.165) is 40.4 Å². The molecular weight excluding hydrogens is 270 g/mol. The van der Waals surface area contributed by atoms with Crippen molar-refractivity contribution in [3.05, 3.63) is 28.1 Å². The molecule has 4 nitrogen and oxygen atoms in total. The molecule has 5 heteroatoms. The molecule has 0 aliphatic carbocycles. The van der Waals surface area contributed by atoms with Crippen LogP contribution in [-0.4, -0.2) is 17.4 Å². The van der Waals surface area contributed by atoms with E-state index < -0.39 is 0 Å². The molecule has 102 valence electrons. The second kappa shape index (κ2) is 3.82. The molecule has 1 aromatic carbocycles. The molecule has 0 saturated heterocycles. The van der Waals surface area contributed by atoms with Crippen LogP contribution in [0, 0.1) is 6.92 Å². The number of thiazole rings is 1. The van der Waals surface area contributed by atoms with E-state index in [1.165, 1.54) is 16.9 Å². The molecule has 2 aliphatic rings. The van der Waals surface area contributed by atoms with Crippen LogP contribution in [-0.2, 0) is 11.2 Å². The van der Waals surface area contributed by atoms with Crippen LogP contribution in [0.15, 0.2) is 12.1 Å². The first-order valence-corrected chi connectivity index (χ1v) is 7.59. The molecule has 1 aromatic heterocycles. The highest BCUT2D eigenvalue weighted by molar-refractivity contribution is 7.15. The number of hydrogen-bond acceptors (Lipinski definition) is 4. The van der Waals surface area contributed by atoms with E-state index in [1.54, 1.807) is 0 Å². The molecule has 1 unspecified atom stereocenters. The molecule has 2 N–H and O–H groups in total. The molecular formula is C15H15N3OS. The highest BCUT2D eigenvalue weighted by Gasteiger charge is 2.39. The SMILES string of the molecule is Cc1sc(N)nc1-c1cc2c3c(c1)C(C)C(=O)N3CC2. The summed E-state index contributed by atoms with van der Waals surface area (Å²) in [6.45, 7) is 4.84. The molecule has 0 bridgehead atoms. The van der Waals surface area contributed by atoms with Gasteiger partial charge in [0.2, 0.25) is 5.91 Å². The third-order valence-corrected chi connectivity index (χ3v) is 5.08. The summed E-state index contributed by atoms with van der Waals surface area (Å²) in [5, 5.41) is 0.597. The summed E-state index contributed by atoms with van der Waals surface area (Å²) in [5.41, 5.74) is 11.4. The normalized spacial score (nSPS) is 19.8. The number of nitrogens with two attached hydrogens (primary N) is 1. The van der Waals surface area contributed by atoms with Crippen LogP contribution < -0.4 is 10.6 Å². The van der Waals surface area contributed by atoms with Crippen LogP contribution in [0.2, 0.25) is 0 Å². The summed E-state index contributed by atoms with van der Waals surface area (Å²) in [7, 11) is 0. The summed E-state index contributed by atoms with van der Waals surface area (Å²) in [4.78, 5) is 19.7. The maximum Gasteiger partial charge on any atom is 0.234 e. The van der Waals surface area contributed by atoms with Crippen LogP contribution in [0.25, 0.3) is 11.3 Å². The third kappa shape index (κ3) is 1.41. The van der Waals surface area contributed by atoms with Crippen molar-refractivity contribution in [1.82, 2.24) is 4.98 Å². The fourth-order valence-corrected chi connectivity index (χ4v) is 4.03. The Labute approximate surface area is 121 Å². The van der Waals surface area contributed by atoms with Crippen LogP contribution in [0.3, 0.4) is 0 Å². The van der Waals surface area contributed by atoms with E-state index in [1.807, 2.05) is 18.7 Å². The number of anilines is 2. The number of aromatic nitrogens is 1. The number of nitrogen functional groups attached to an aromatic ring is 1. The zero-order chi connectivity index (χ0) is 14.0. The Kier molecular flexibility index (Phi) is 2.27. The van der Waals surface area contributed by atoms with Crippen LogP contribution in [0.4, 0.5) is 10.8 Å². The minimum Gasteiger partial charge on any atom is -0.375 e. The van der Waals surface area contributed by atoms with Gasteiger partial charge in [0.25, 0.3) is 0 Å². The Morgan fingerprint density at radius 1 is 1.45 bits per heavy atom. The van der Waals surface area contributed by atoms with Crippen molar-refractivity contribution in [1.29, 1.82) is 0 Å². The molecule has 20 heavy (non-hydrogen) atoms. The summed E-state index contributed by atoms with van der Waals surface area (Å²) < 4.78 is 0. The molecule has 2 aromatic rings. The maximum atomic E-state index is 12.2. The fraction of sp³-hybridized carbons (Fsp3) is 0.333. The average molecular weight is 285 g/mol. The first-order valence-electron chi connectivity index (χ1n) is 6.77. The van der Waals surface area contributed by atoms with Crippen molar-refractivity contribution in [3.8, 4) is 11.3 Å². The number of carbonyl (C=O) groups is 1. The first-order chi connectivity index (χ1) is 9.56. The number of hydrogen-bond donors (Lipinski definition) is 1. The van der Waals surface area contributed by atoms with Gasteiger partial charge in [-0.15, -0.1) is 11.3 Å². The van der Waals surface area contributed by atoms with Gasteiger partial charge in [-0.2, -0.15) is 0 Å². The summed E-state index contributed by atoms with van der Waals surface area (Å²) in [6, 6.07) is 4.29. The van der Waals surface area contributed by atoms with Gasteiger partial charge in [-0.3, -0.25) is 4.79 Å². The Balaban J connectivity index is 1.94. The highest BCUT2D eigenvalue weighted by atomic mass is 32.1. The van der Waals surface area contributed by atoms with E-state index in [2.05, 4.69) is 17.1 Å². The van der Waals surface area contributed by atoms with E-state index >= 15 is 0 Å². The topological polar surface area (TPSA) is 59.2 Å². The smallest absolute Gasteiger partial charge is 0.234 e. The second-order valence-corrected chi connectivity index (χ2v) is 6.73. The average Bonchev–Trinajstić information content (AvgIpc) is 3.04. The van der Waals surface area contributed by atoms with Crippen molar-refractivity contribution >= 4 is 28.1 Å². The lowest BCUT2D eigenvalue weighted by molar-refractivity contribution is -0.118. The van der Waals surface area contributed by atoms with Gasteiger partial charge in [-0.05, 0) is 43.5 Å². The van der Waals surface area contributed by atoms with Crippen molar-refractivity contribution in [2.24, 2.45) is 0 Å².